The first-order valence-corrected chi connectivity index (χ1v) is 13.1. The molecule has 6 rings (SSSR count). The first-order valence-electron chi connectivity index (χ1n) is 12.3. The molecular formula is C27H28N6OS. The fraction of sp³-hybridized carbons (Fsp3) is 0.333. The Hall–Kier alpha value is -3.36. The Kier molecular flexibility index (Phi) is 6.38. The number of thiazole rings is 1. The van der Waals surface area contributed by atoms with Gasteiger partial charge in [0, 0.05) is 43.4 Å². The van der Waals surface area contributed by atoms with Crippen molar-refractivity contribution in [2.75, 3.05) is 31.2 Å². The summed E-state index contributed by atoms with van der Waals surface area (Å²) in [5.74, 6) is 2.07. The Morgan fingerprint density at radius 1 is 0.857 bits per heavy atom. The third kappa shape index (κ3) is 4.76. The first-order chi connectivity index (χ1) is 17.3. The summed E-state index contributed by atoms with van der Waals surface area (Å²) in [4.78, 5) is 13.2. The van der Waals surface area contributed by atoms with Gasteiger partial charge in [0.05, 0.1) is 29.5 Å². The minimum Gasteiger partial charge on any atom is -0.378 e. The van der Waals surface area contributed by atoms with Crippen molar-refractivity contribution in [2.24, 2.45) is 4.99 Å². The molecule has 0 aliphatic carbocycles. The summed E-state index contributed by atoms with van der Waals surface area (Å²) in [6.07, 6.45) is 6.60. The quantitative estimate of drug-likeness (QED) is 0.356. The van der Waals surface area contributed by atoms with Gasteiger partial charge in [0.2, 0.25) is 0 Å². The lowest BCUT2D eigenvalue weighted by Gasteiger charge is -2.26. The smallest absolute Gasteiger partial charge is 0.186 e. The van der Waals surface area contributed by atoms with Gasteiger partial charge in [0.15, 0.2) is 11.0 Å². The van der Waals surface area contributed by atoms with Crippen LogP contribution in [0.15, 0.2) is 59.6 Å². The van der Waals surface area contributed by atoms with Crippen LogP contribution in [0.3, 0.4) is 0 Å². The van der Waals surface area contributed by atoms with Crippen LogP contribution in [0.1, 0.15) is 30.0 Å². The van der Waals surface area contributed by atoms with Crippen LogP contribution in [0.2, 0.25) is 0 Å². The first kappa shape index (κ1) is 22.1. The molecule has 0 radical (unpaired) electrons. The van der Waals surface area contributed by atoms with E-state index >= 15 is 0 Å². The number of aromatic nitrogens is 4. The SMILES string of the molecule is C(=Nc1ccc(-c2nnc3n2CCCCC3)cc1)c1sc(N2CCOCC2)nc1-c1ccccc1. The maximum atomic E-state index is 5.52. The molecule has 0 amide bonds. The van der Waals surface area contributed by atoms with E-state index in [0.717, 1.165) is 83.4 Å². The number of hydrogen-bond donors (Lipinski definition) is 0. The molecule has 2 aromatic carbocycles. The molecule has 0 unspecified atom stereocenters. The number of morpholine rings is 1. The topological polar surface area (TPSA) is 68.4 Å². The summed E-state index contributed by atoms with van der Waals surface area (Å²) in [6, 6.07) is 18.6. The van der Waals surface area contributed by atoms with E-state index in [1.54, 1.807) is 11.3 Å². The van der Waals surface area contributed by atoms with E-state index in [-0.39, 0.29) is 0 Å². The summed E-state index contributed by atoms with van der Waals surface area (Å²) in [5, 5.41) is 9.94. The third-order valence-electron chi connectivity index (χ3n) is 6.54. The molecule has 8 heteroatoms. The summed E-state index contributed by atoms with van der Waals surface area (Å²) >= 11 is 1.69. The average molecular weight is 485 g/mol. The second-order valence-corrected chi connectivity index (χ2v) is 9.89. The van der Waals surface area contributed by atoms with Crippen molar-refractivity contribution < 1.29 is 4.74 Å². The van der Waals surface area contributed by atoms with Crippen LogP contribution in [0.5, 0.6) is 0 Å². The number of aliphatic imine (C=N–C) groups is 1. The Labute approximate surface area is 209 Å². The van der Waals surface area contributed by atoms with E-state index in [4.69, 9.17) is 14.7 Å². The summed E-state index contributed by atoms with van der Waals surface area (Å²) in [6.45, 7) is 4.21. The molecule has 2 aliphatic heterocycles. The van der Waals surface area contributed by atoms with Gasteiger partial charge in [-0.2, -0.15) is 0 Å². The van der Waals surface area contributed by atoms with Crippen molar-refractivity contribution in [1.82, 2.24) is 19.7 Å². The monoisotopic (exact) mass is 484 g/mol. The number of nitrogens with zero attached hydrogens (tertiary/aromatic N) is 6. The molecule has 0 bridgehead atoms. The van der Waals surface area contributed by atoms with E-state index in [1.807, 2.05) is 24.4 Å². The lowest BCUT2D eigenvalue weighted by Crippen LogP contribution is -2.36. The highest BCUT2D eigenvalue weighted by Crippen LogP contribution is 2.33. The zero-order valence-electron chi connectivity index (χ0n) is 19.6. The highest BCUT2D eigenvalue weighted by molar-refractivity contribution is 7.17. The van der Waals surface area contributed by atoms with Crippen LogP contribution in [0, 0.1) is 0 Å². The van der Waals surface area contributed by atoms with E-state index in [2.05, 4.69) is 56.1 Å². The van der Waals surface area contributed by atoms with Crippen LogP contribution in [-0.4, -0.2) is 52.3 Å². The minimum absolute atomic E-state index is 0.741. The second kappa shape index (κ2) is 10.1. The fourth-order valence-electron chi connectivity index (χ4n) is 4.63. The molecule has 0 spiro atoms. The Bertz CT molecular complexity index is 1310. The van der Waals surface area contributed by atoms with Crippen LogP contribution in [0.25, 0.3) is 22.6 Å². The van der Waals surface area contributed by atoms with Gasteiger partial charge < -0.3 is 14.2 Å². The molecule has 35 heavy (non-hydrogen) atoms. The molecule has 0 atom stereocenters. The fourth-order valence-corrected chi connectivity index (χ4v) is 5.64. The van der Waals surface area contributed by atoms with E-state index in [9.17, 15) is 0 Å². The lowest BCUT2D eigenvalue weighted by molar-refractivity contribution is 0.122. The number of benzene rings is 2. The molecule has 2 aliphatic rings. The van der Waals surface area contributed by atoms with Crippen molar-refractivity contribution in [3.63, 3.8) is 0 Å². The molecule has 1 fully saturated rings. The molecular weight excluding hydrogens is 456 g/mol. The van der Waals surface area contributed by atoms with Crippen molar-refractivity contribution in [3.05, 3.63) is 65.3 Å². The second-order valence-electron chi connectivity index (χ2n) is 8.88. The van der Waals surface area contributed by atoms with Gasteiger partial charge in [0.25, 0.3) is 0 Å². The molecule has 178 valence electrons. The predicted molar refractivity (Wildman–Crippen MR) is 141 cm³/mol. The van der Waals surface area contributed by atoms with Gasteiger partial charge in [-0.1, -0.05) is 48.1 Å². The summed E-state index contributed by atoms with van der Waals surface area (Å²) in [7, 11) is 0. The summed E-state index contributed by atoms with van der Waals surface area (Å²) < 4.78 is 7.80. The Balaban J connectivity index is 1.27. The van der Waals surface area contributed by atoms with Crippen LogP contribution < -0.4 is 4.90 Å². The van der Waals surface area contributed by atoms with Crippen LogP contribution in [-0.2, 0) is 17.7 Å². The van der Waals surface area contributed by atoms with Crippen LogP contribution in [0.4, 0.5) is 10.8 Å². The van der Waals surface area contributed by atoms with Gasteiger partial charge in [-0.15, -0.1) is 10.2 Å². The number of hydrogen-bond acceptors (Lipinski definition) is 7. The number of aryl methyl sites for hydroxylation is 1. The molecule has 0 N–H and O–H groups in total. The normalized spacial score (nSPS) is 16.4. The standard InChI is InChI=1S/C27H28N6OS/c1-3-7-20(8-4-1)25-23(35-27(29-25)32-15-17-34-18-16-32)19-28-22-12-10-21(11-13-22)26-31-30-24-9-5-2-6-14-33(24)26/h1,3-4,7-8,10-13,19H,2,5-6,9,14-18H2. The molecule has 0 saturated carbocycles. The zero-order valence-corrected chi connectivity index (χ0v) is 20.5. The number of fused-ring (bicyclic) bond motifs is 1. The van der Waals surface area contributed by atoms with Crippen LogP contribution >= 0.6 is 11.3 Å². The molecule has 2 aromatic heterocycles. The highest BCUT2D eigenvalue weighted by atomic mass is 32.1. The van der Waals surface area contributed by atoms with E-state index in [0.29, 0.717) is 0 Å². The maximum absolute atomic E-state index is 5.52. The Morgan fingerprint density at radius 2 is 1.69 bits per heavy atom. The number of ether oxygens (including phenoxy) is 1. The van der Waals surface area contributed by atoms with E-state index < -0.39 is 0 Å². The molecule has 7 nitrogen and oxygen atoms in total. The van der Waals surface area contributed by atoms with Gasteiger partial charge in [-0.3, -0.25) is 4.99 Å². The van der Waals surface area contributed by atoms with Crippen molar-refractivity contribution >= 4 is 28.4 Å². The molecule has 4 heterocycles. The van der Waals surface area contributed by atoms with Gasteiger partial charge in [0.1, 0.15) is 5.82 Å². The Morgan fingerprint density at radius 3 is 2.51 bits per heavy atom. The molecule has 1 saturated heterocycles. The average Bonchev–Trinajstić information content (AvgIpc) is 3.46. The highest BCUT2D eigenvalue weighted by Gasteiger charge is 2.19. The maximum Gasteiger partial charge on any atom is 0.186 e. The van der Waals surface area contributed by atoms with E-state index in [1.165, 1.54) is 19.3 Å². The molecule has 4 aromatic rings. The predicted octanol–water partition coefficient (Wildman–Crippen LogP) is 5.38. The number of rotatable bonds is 5. The zero-order chi connectivity index (χ0) is 23.5. The summed E-state index contributed by atoms with van der Waals surface area (Å²) in [5.41, 5.74) is 4.07. The van der Waals surface area contributed by atoms with Crippen molar-refractivity contribution in [3.8, 4) is 22.6 Å². The number of anilines is 1. The van der Waals surface area contributed by atoms with Gasteiger partial charge >= 0.3 is 0 Å². The van der Waals surface area contributed by atoms with Crippen molar-refractivity contribution in [2.45, 2.75) is 32.2 Å². The van der Waals surface area contributed by atoms with Gasteiger partial charge in [-0.05, 0) is 37.1 Å². The minimum atomic E-state index is 0.741. The van der Waals surface area contributed by atoms with Gasteiger partial charge in [-0.25, -0.2) is 4.98 Å². The third-order valence-corrected chi connectivity index (χ3v) is 7.59. The lowest BCUT2D eigenvalue weighted by atomic mass is 10.1. The van der Waals surface area contributed by atoms with Crippen molar-refractivity contribution in [1.29, 1.82) is 0 Å². The largest absolute Gasteiger partial charge is 0.378 e.